The molecule has 0 amide bonds. The van der Waals surface area contributed by atoms with Crippen molar-refractivity contribution in [3.63, 3.8) is 0 Å². The number of fused-ring (bicyclic) bond motifs is 1. The monoisotopic (exact) mass is 327 g/mol. The third kappa shape index (κ3) is 2.08. The summed E-state index contributed by atoms with van der Waals surface area (Å²) in [4.78, 5) is 8.34. The maximum absolute atomic E-state index is 12.0. The standard InChI is InChI=1S/C11H10BrN3O2S/c12-8-3-4-9-11(14-6-5-13-9)10(8)15-18(16,17)7-1-2-7/h3-7,15H,1-2H2. The summed E-state index contributed by atoms with van der Waals surface area (Å²) < 4.78 is 27.2. The molecule has 5 nitrogen and oxygen atoms in total. The Kier molecular flexibility index (Phi) is 2.74. The van der Waals surface area contributed by atoms with Gasteiger partial charge < -0.3 is 0 Å². The Morgan fingerprint density at radius 1 is 1.22 bits per heavy atom. The van der Waals surface area contributed by atoms with Crippen LogP contribution in [0.5, 0.6) is 0 Å². The number of anilines is 1. The minimum atomic E-state index is -3.30. The number of rotatable bonds is 3. The van der Waals surface area contributed by atoms with Gasteiger partial charge in [-0.1, -0.05) is 0 Å². The van der Waals surface area contributed by atoms with E-state index in [1.807, 2.05) is 0 Å². The van der Waals surface area contributed by atoms with Gasteiger partial charge in [0.05, 0.1) is 16.5 Å². The van der Waals surface area contributed by atoms with Crippen LogP contribution in [0.15, 0.2) is 29.0 Å². The lowest BCUT2D eigenvalue weighted by molar-refractivity contribution is 0.600. The average molecular weight is 328 g/mol. The van der Waals surface area contributed by atoms with Gasteiger partial charge in [0.2, 0.25) is 10.0 Å². The fourth-order valence-electron chi connectivity index (χ4n) is 1.71. The number of halogens is 1. The SMILES string of the molecule is O=S(=O)(Nc1c(Br)ccc2nccnc12)C1CC1. The van der Waals surface area contributed by atoms with E-state index in [2.05, 4.69) is 30.6 Å². The topological polar surface area (TPSA) is 72.0 Å². The maximum Gasteiger partial charge on any atom is 0.235 e. The molecule has 7 heteroatoms. The number of sulfonamides is 1. The molecule has 0 unspecified atom stereocenters. The number of aromatic nitrogens is 2. The first-order valence-electron chi connectivity index (χ1n) is 5.49. The van der Waals surface area contributed by atoms with Gasteiger partial charge in [-0.3, -0.25) is 14.7 Å². The molecule has 3 rings (SSSR count). The van der Waals surface area contributed by atoms with Crippen molar-refractivity contribution in [3.05, 3.63) is 29.0 Å². The van der Waals surface area contributed by atoms with E-state index < -0.39 is 10.0 Å². The Labute approximate surface area is 113 Å². The van der Waals surface area contributed by atoms with Crippen molar-refractivity contribution >= 4 is 42.7 Å². The highest BCUT2D eigenvalue weighted by molar-refractivity contribution is 9.10. The van der Waals surface area contributed by atoms with Gasteiger partial charge in [0.15, 0.2) is 0 Å². The second-order valence-electron chi connectivity index (χ2n) is 4.19. The predicted octanol–water partition coefficient (Wildman–Crippen LogP) is 2.30. The van der Waals surface area contributed by atoms with Gasteiger partial charge in [0.25, 0.3) is 0 Å². The summed E-state index contributed by atoms with van der Waals surface area (Å²) in [5.41, 5.74) is 1.68. The van der Waals surface area contributed by atoms with Gasteiger partial charge in [0.1, 0.15) is 5.52 Å². The molecular weight excluding hydrogens is 318 g/mol. The zero-order valence-electron chi connectivity index (χ0n) is 9.30. The highest BCUT2D eigenvalue weighted by atomic mass is 79.9. The molecule has 0 atom stereocenters. The molecule has 0 spiro atoms. The number of nitrogens with one attached hydrogen (secondary N) is 1. The molecule has 2 aromatic rings. The van der Waals surface area contributed by atoms with E-state index in [1.165, 1.54) is 0 Å². The van der Waals surface area contributed by atoms with Crippen molar-refractivity contribution in [2.24, 2.45) is 0 Å². The van der Waals surface area contributed by atoms with E-state index in [0.29, 0.717) is 21.2 Å². The summed E-state index contributed by atoms with van der Waals surface area (Å²) in [6.07, 6.45) is 4.58. The van der Waals surface area contributed by atoms with Crippen LogP contribution in [-0.4, -0.2) is 23.6 Å². The highest BCUT2D eigenvalue weighted by Crippen LogP contribution is 2.34. The number of hydrogen-bond acceptors (Lipinski definition) is 4. The molecule has 1 aromatic carbocycles. The number of nitrogens with zero attached hydrogens (tertiary/aromatic N) is 2. The third-order valence-corrected chi connectivity index (χ3v) is 5.30. The number of hydrogen-bond donors (Lipinski definition) is 1. The lowest BCUT2D eigenvalue weighted by Crippen LogP contribution is -2.18. The molecule has 1 fully saturated rings. The van der Waals surface area contributed by atoms with E-state index in [4.69, 9.17) is 0 Å². The van der Waals surface area contributed by atoms with Crippen LogP contribution in [0.4, 0.5) is 5.69 Å². The molecule has 18 heavy (non-hydrogen) atoms. The van der Waals surface area contributed by atoms with Crippen LogP contribution in [0.3, 0.4) is 0 Å². The van der Waals surface area contributed by atoms with E-state index >= 15 is 0 Å². The van der Waals surface area contributed by atoms with Gasteiger partial charge in [0, 0.05) is 16.9 Å². The van der Waals surface area contributed by atoms with Gasteiger partial charge in [-0.2, -0.15) is 0 Å². The van der Waals surface area contributed by atoms with Crippen molar-refractivity contribution in [3.8, 4) is 0 Å². The Balaban J connectivity index is 2.13. The lowest BCUT2D eigenvalue weighted by Gasteiger charge is -2.10. The van der Waals surface area contributed by atoms with E-state index in [0.717, 1.165) is 12.8 Å². The predicted molar refractivity (Wildman–Crippen MR) is 72.8 cm³/mol. The van der Waals surface area contributed by atoms with Gasteiger partial charge in [-0.15, -0.1) is 0 Å². The minimum absolute atomic E-state index is 0.267. The Bertz CT molecular complexity index is 713. The lowest BCUT2D eigenvalue weighted by atomic mass is 10.2. The smallest absolute Gasteiger partial charge is 0.235 e. The molecule has 1 aliphatic rings. The summed E-state index contributed by atoms with van der Waals surface area (Å²) >= 11 is 3.34. The quantitative estimate of drug-likeness (QED) is 0.938. The van der Waals surface area contributed by atoms with Crippen LogP contribution < -0.4 is 4.72 Å². The normalized spacial score (nSPS) is 15.8. The minimum Gasteiger partial charge on any atom is -0.280 e. The molecule has 1 aliphatic carbocycles. The largest absolute Gasteiger partial charge is 0.280 e. The second-order valence-corrected chi connectivity index (χ2v) is 7.01. The molecule has 0 bridgehead atoms. The zero-order valence-corrected chi connectivity index (χ0v) is 11.7. The Hall–Kier alpha value is -1.21. The molecule has 0 radical (unpaired) electrons. The van der Waals surface area contributed by atoms with Crippen LogP contribution in [-0.2, 0) is 10.0 Å². The summed E-state index contributed by atoms with van der Waals surface area (Å²) in [6, 6.07) is 3.56. The molecule has 1 saturated carbocycles. The molecular formula is C11H10BrN3O2S. The van der Waals surface area contributed by atoms with Crippen molar-refractivity contribution in [2.75, 3.05) is 4.72 Å². The molecule has 0 saturated heterocycles. The third-order valence-electron chi connectivity index (χ3n) is 2.80. The molecule has 0 aliphatic heterocycles. The van der Waals surface area contributed by atoms with Crippen molar-refractivity contribution in [2.45, 2.75) is 18.1 Å². The van der Waals surface area contributed by atoms with Gasteiger partial charge in [-0.25, -0.2) is 8.42 Å². The molecule has 1 N–H and O–H groups in total. The first kappa shape index (κ1) is 11.9. The Morgan fingerprint density at radius 3 is 2.67 bits per heavy atom. The molecule has 1 aromatic heterocycles. The summed E-state index contributed by atoms with van der Waals surface area (Å²) in [5, 5.41) is -0.267. The number of benzene rings is 1. The van der Waals surface area contributed by atoms with Crippen LogP contribution in [0.1, 0.15) is 12.8 Å². The second kappa shape index (κ2) is 4.17. The van der Waals surface area contributed by atoms with Crippen LogP contribution >= 0.6 is 15.9 Å². The van der Waals surface area contributed by atoms with E-state index in [1.54, 1.807) is 24.5 Å². The first-order valence-corrected chi connectivity index (χ1v) is 7.83. The zero-order chi connectivity index (χ0) is 12.8. The van der Waals surface area contributed by atoms with Crippen molar-refractivity contribution in [1.29, 1.82) is 0 Å². The maximum atomic E-state index is 12.0. The molecule has 94 valence electrons. The summed E-state index contributed by atoms with van der Waals surface area (Å²) in [5.74, 6) is 0. The van der Waals surface area contributed by atoms with Crippen LogP contribution in [0, 0.1) is 0 Å². The summed E-state index contributed by atoms with van der Waals surface area (Å²) in [7, 11) is -3.30. The Morgan fingerprint density at radius 2 is 1.94 bits per heavy atom. The van der Waals surface area contributed by atoms with Crippen molar-refractivity contribution in [1.82, 2.24) is 9.97 Å². The van der Waals surface area contributed by atoms with Crippen LogP contribution in [0.25, 0.3) is 11.0 Å². The van der Waals surface area contributed by atoms with E-state index in [9.17, 15) is 8.42 Å². The van der Waals surface area contributed by atoms with Crippen LogP contribution in [0.2, 0.25) is 0 Å². The van der Waals surface area contributed by atoms with Crippen molar-refractivity contribution < 1.29 is 8.42 Å². The fourth-order valence-corrected chi connectivity index (χ4v) is 3.68. The average Bonchev–Trinajstić information content (AvgIpc) is 3.17. The highest BCUT2D eigenvalue weighted by Gasteiger charge is 2.36. The first-order chi connectivity index (χ1) is 8.58. The van der Waals surface area contributed by atoms with Gasteiger partial charge >= 0.3 is 0 Å². The molecule has 1 heterocycles. The van der Waals surface area contributed by atoms with Gasteiger partial charge in [-0.05, 0) is 40.9 Å². The fraction of sp³-hybridized carbons (Fsp3) is 0.273. The van der Waals surface area contributed by atoms with E-state index in [-0.39, 0.29) is 5.25 Å². The summed E-state index contributed by atoms with van der Waals surface area (Å²) in [6.45, 7) is 0.